The van der Waals surface area contributed by atoms with Crippen LogP contribution >= 0.6 is 15.9 Å². The van der Waals surface area contributed by atoms with E-state index in [1.807, 2.05) is 42.5 Å². The lowest BCUT2D eigenvalue weighted by Gasteiger charge is -2.09. The largest absolute Gasteiger partial charge is 0.493 e. The molecule has 4 nitrogen and oxygen atoms in total. The second kappa shape index (κ2) is 13.2. The average Bonchev–Trinajstić information content (AvgIpc) is 2.73. The molecule has 0 aliphatic rings. The van der Waals surface area contributed by atoms with Crippen molar-refractivity contribution in [2.24, 2.45) is 5.10 Å². The number of hydrazone groups is 1. The number of carbonyl (C=O) groups excluding carboxylic acids is 1. The number of nitrogens with one attached hydrogen (secondary N) is 1. The van der Waals surface area contributed by atoms with Crippen LogP contribution in [0.5, 0.6) is 5.75 Å². The van der Waals surface area contributed by atoms with Crippen molar-refractivity contribution < 1.29 is 9.53 Å². The maximum atomic E-state index is 12.3. The van der Waals surface area contributed by atoms with E-state index in [2.05, 4.69) is 40.3 Å². The number of benzene rings is 2. The van der Waals surface area contributed by atoms with Crippen LogP contribution in [0, 0.1) is 0 Å². The molecule has 0 atom stereocenters. The van der Waals surface area contributed by atoms with Crippen molar-refractivity contribution in [2.45, 2.75) is 58.8 Å². The van der Waals surface area contributed by atoms with Crippen LogP contribution in [0.15, 0.2) is 52.0 Å². The third-order valence-corrected chi connectivity index (χ3v) is 5.13. The quantitative estimate of drug-likeness (QED) is 0.223. The summed E-state index contributed by atoms with van der Waals surface area (Å²) in [5.41, 5.74) is 5.28. The predicted molar refractivity (Wildman–Crippen MR) is 124 cm³/mol. The number of halogens is 1. The SMILES string of the molecule is CCCCCCOc1ccc(Br)cc1/C=N/NC(=O)c1ccc(CCCC)cc1. The minimum atomic E-state index is -0.222. The Morgan fingerprint density at radius 2 is 1.79 bits per heavy atom. The number of hydrogen-bond acceptors (Lipinski definition) is 3. The summed E-state index contributed by atoms with van der Waals surface area (Å²) >= 11 is 3.48. The molecule has 2 aromatic rings. The molecular formula is C24H31BrN2O2. The van der Waals surface area contributed by atoms with E-state index in [4.69, 9.17) is 4.74 Å². The molecule has 0 aliphatic carbocycles. The molecule has 0 heterocycles. The molecule has 0 bridgehead atoms. The Morgan fingerprint density at radius 1 is 1.03 bits per heavy atom. The second-order valence-corrected chi connectivity index (χ2v) is 8.01. The first kappa shape index (κ1) is 23.1. The number of ether oxygens (including phenoxy) is 1. The number of rotatable bonds is 12. The Labute approximate surface area is 182 Å². The van der Waals surface area contributed by atoms with Gasteiger partial charge in [0.25, 0.3) is 5.91 Å². The van der Waals surface area contributed by atoms with E-state index >= 15 is 0 Å². The maximum absolute atomic E-state index is 12.3. The summed E-state index contributed by atoms with van der Waals surface area (Å²) in [6.45, 7) is 5.05. The monoisotopic (exact) mass is 458 g/mol. The first-order valence-corrected chi connectivity index (χ1v) is 11.3. The zero-order valence-corrected chi connectivity index (χ0v) is 19.0. The molecular weight excluding hydrogens is 428 g/mol. The van der Waals surface area contributed by atoms with Gasteiger partial charge < -0.3 is 4.74 Å². The van der Waals surface area contributed by atoms with Gasteiger partial charge in [0.05, 0.1) is 12.8 Å². The van der Waals surface area contributed by atoms with Crippen LogP contribution in [0.2, 0.25) is 0 Å². The number of aryl methyl sites for hydroxylation is 1. The Morgan fingerprint density at radius 3 is 2.52 bits per heavy atom. The molecule has 0 aliphatic heterocycles. The van der Waals surface area contributed by atoms with Crippen LogP contribution in [0.1, 0.15) is 73.9 Å². The maximum Gasteiger partial charge on any atom is 0.271 e. The van der Waals surface area contributed by atoms with Crippen molar-refractivity contribution in [3.63, 3.8) is 0 Å². The number of hydrogen-bond donors (Lipinski definition) is 1. The zero-order valence-electron chi connectivity index (χ0n) is 17.4. The van der Waals surface area contributed by atoms with Crippen LogP contribution in [-0.4, -0.2) is 18.7 Å². The first-order chi connectivity index (χ1) is 14.1. The summed E-state index contributed by atoms with van der Waals surface area (Å²) in [6.07, 6.45) is 9.62. The molecule has 0 radical (unpaired) electrons. The molecule has 0 unspecified atom stereocenters. The molecule has 0 fully saturated rings. The number of amides is 1. The van der Waals surface area contributed by atoms with Crippen molar-refractivity contribution in [2.75, 3.05) is 6.61 Å². The van der Waals surface area contributed by atoms with Crippen LogP contribution in [0.3, 0.4) is 0 Å². The summed E-state index contributed by atoms with van der Waals surface area (Å²) < 4.78 is 6.84. The molecule has 0 saturated carbocycles. The third kappa shape index (κ3) is 8.40. The summed E-state index contributed by atoms with van der Waals surface area (Å²) in [6, 6.07) is 13.5. The van der Waals surface area contributed by atoms with Crippen LogP contribution in [-0.2, 0) is 6.42 Å². The lowest BCUT2D eigenvalue weighted by atomic mass is 10.1. The Kier molecular flexibility index (Phi) is 10.5. The van der Waals surface area contributed by atoms with Gasteiger partial charge in [-0.05, 0) is 55.2 Å². The summed E-state index contributed by atoms with van der Waals surface area (Å²) in [4.78, 5) is 12.3. The smallest absolute Gasteiger partial charge is 0.271 e. The highest BCUT2D eigenvalue weighted by Gasteiger charge is 2.06. The minimum absolute atomic E-state index is 0.222. The van der Waals surface area contributed by atoms with Gasteiger partial charge in [0, 0.05) is 15.6 Å². The molecule has 0 spiro atoms. The van der Waals surface area contributed by atoms with Gasteiger partial charge in [-0.15, -0.1) is 0 Å². The van der Waals surface area contributed by atoms with Crippen molar-refractivity contribution in [1.29, 1.82) is 0 Å². The van der Waals surface area contributed by atoms with Gasteiger partial charge in [0.15, 0.2) is 0 Å². The lowest BCUT2D eigenvalue weighted by molar-refractivity contribution is 0.0955. The fraction of sp³-hybridized carbons (Fsp3) is 0.417. The second-order valence-electron chi connectivity index (χ2n) is 7.09. The van der Waals surface area contributed by atoms with E-state index < -0.39 is 0 Å². The fourth-order valence-electron chi connectivity index (χ4n) is 2.89. The Balaban J connectivity index is 1.92. The lowest BCUT2D eigenvalue weighted by Crippen LogP contribution is -2.17. The normalized spacial score (nSPS) is 11.0. The van der Waals surface area contributed by atoms with E-state index in [-0.39, 0.29) is 5.91 Å². The van der Waals surface area contributed by atoms with E-state index in [1.54, 1.807) is 6.21 Å². The average molecular weight is 459 g/mol. The van der Waals surface area contributed by atoms with Crippen molar-refractivity contribution in [3.8, 4) is 5.75 Å². The molecule has 5 heteroatoms. The standard InChI is InChI=1S/C24H31BrN2O2/c1-3-5-7-8-16-29-23-15-14-22(25)17-21(23)18-26-27-24(28)20-12-10-19(11-13-20)9-6-4-2/h10-15,17-18H,3-9,16H2,1-2H3,(H,27,28)/b26-18+. The molecule has 2 rings (SSSR count). The van der Waals surface area contributed by atoms with Crippen molar-refractivity contribution in [1.82, 2.24) is 5.43 Å². The van der Waals surface area contributed by atoms with Gasteiger partial charge >= 0.3 is 0 Å². The zero-order chi connectivity index (χ0) is 20.9. The highest BCUT2D eigenvalue weighted by Crippen LogP contribution is 2.22. The molecule has 0 saturated heterocycles. The third-order valence-electron chi connectivity index (χ3n) is 4.63. The highest BCUT2D eigenvalue weighted by molar-refractivity contribution is 9.10. The van der Waals surface area contributed by atoms with Crippen LogP contribution in [0.4, 0.5) is 0 Å². The van der Waals surface area contributed by atoms with Gasteiger partial charge in [-0.3, -0.25) is 4.79 Å². The van der Waals surface area contributed by atoms with Crippen LogP contribution in [0.25, 0.3) is 0 Å². The molecule has 1 amide bonds. The Bertz CT molecular complexity index is 788. The van der Waals surface area contributed by atoms with Gasteiger partial charge in [-0.1, -0.05) is 67.6 Å². The Hall–Kier alpha value is -2.14. The predicted octanol–water partition coefficient (Wildman–Crippen LogP) is 6.51. The first-order valence-electron chi connectivity index (χ1n) is 10.5. The molecule has 29 heavy (non-hydrogen) atoms. The van der Waals surface area contributed by atoms with Gasteiger partial charge in [0.2, 0.25) is 0 Å². The summed E-state index contributed by atoms with van der Waals surface area (Å²) in [5, 5.41) is 4.12. The van der Waals surface area contributed by atoms with Gasteiger partial charge in [-0.25, -0.2) is 5.43 Å². The number of unbranched alkanes of at least 4 members (excludes halogenated alkanes) is 4. The van der Waals surface area contributed by atoms with Gasteiger partial charge in [0.1, 0.15) is 5.75 Å². The molecule has 156 valence electrons. The van der Waals surface area contributed by atoms with Gasteiger partial charge in [-0.2, -0.15) is 5.10 Å². The topological polar surface area (TPSA) is 50.7 Å². The van der Waals surface area contributed by atoms with Crippen molar-refractivity contribution >= 4 is 28.1 Å². The molecule has 0 aromatic heterocycles. The summed E-state index contributed by atoms with van der Waals surface area (Å²) in [7, 11) is 0. The fourth-order valence-corrected chi connectivity index (χ4v) is 3.27. The van der Waals surface area contributed by atoms with Crippen LogP contribution < -0.4 is 10.2 Å². The van der Waals surface area contributed by atoms with Crippen molar-refractivity contribution in [3.05, 3.63) is 63.6 Å². The minimum Gasteiger partial charge on any atom is -0.493 e. The van der Waals surface area contributed by atoms with E-state index in [1.165, 1.54) is 24.8 Å². The van der Waals surface area contributed by atoms with E-state index in [0.29, 0.717) is 12.2 Å². The summed E-state index contributed by atoms with van der Waals surface area (Å²) in [5.74, 6) is 0.545. The molecule has 2 aromatic carbocycles. The highest BCUT2D eigenvalue weighted by atomic mass is 79.9. The van der Waals surface area contributed by atoms with E-state index in [9.17, 15) is 4.79 Å². The number of nitrogens with zero attached hydrogens (tertiary/aromatic N) is 1. The van der Waals surface area contributed by atoms with E-state index in [0.717, 1.165) is 41.5 Å². The molecule has 1 N–H and O–H groups in total. The number of carbonyl (C=O) groups is 1.